The largest absolute Gasteiger partial charge is 0.482 e. The Morgan fingerprint density at radius 3 is 2.59 bits per heavy atom. The predicted octanol–water partition coefficient (Wildman–Crippen LogP) is 3.95. The van der Waals surface area contributed by atoms with E-state index in [-0.39, 0.29) is 6.61 Å². The Kier molecular flexibility index (Phi) is 5.55. The number of ether oxygens (including phenoxy) is 2. The van der Waals surface area contributed by atoms with Gasteiger partial charge in [-0.2, -0.15) is 0 Å². The van der Waals surface area contributed by atoms with E-state index in [4.69, 9.17) is 16.3 Å². The Hall–Kier alpha value is -2.33. The molecule has 5 heteroatoms. The van der Waals surface area contributed by atoms with Crippen molar-refractivity contribution in [1.29, 1.82) is 0 Å². The van der Waals surface area contributed by atoms with Crippen LogP contribution in [-0.4, -0.2) is 25.9 Å². The summed E-state index contributed by atoms with van der Waals surface area (Å²) in [5.41, 5.74) is 2.73. The van der Waals surface area contributed by atoms with Gasteiger partial charge in [-0.3, -0.25) is 4.99 Å². The number of methoxy groups -OCH3 is 1. The Labute approximate surface area is 134 Å². The molecule has 0 fully saturated rings. The highest BCUT2D eigenvalue weighted by Gasteiger charge is 2.01. The molecule has 0 atom stereocenters. The third kappa shape index (κ3) is 4.60. The molecule has 114 valence electrons. The zero-order chi connectivity index (χ0) is 15.9. The first-order chi connectivity index (χ1) is 10.6. The molecule has 0 radical (unpaired) electrons. The summed E-state index contributed by atoms with van der Waals surface area (Å²) in [4.78, 5) is 15.4. The maximum absolute atomic E-state index is 11.0. The Morgan fingerprint density at radius 2 is 1.95 bits per heavy atom. The van der Waals surface area contributed by atoms with Crippen molar-refractivity contribution in [1.82, 2.24) is 0 Å². The van der Waals surface area contributed by atoms with Crippen molar-refractivity contribution in [2.24, 2.45) is 4.99 Å². The molecule has 0 spiro atoms. The summed E-state index contributed by atoms with van der Waals surface area (Å²) in [5, 5.41) is 0.696. The summed E-state index contributed by atoms with van der Waals surface area (Å²) < 4.78 is 9.77. The zero-order valence-corrected chi connectivity index (χ0v) is 13.1. The van der Waals surface area contributed by atoms with Crippen molar-refractivity contribution in [3.8, 4) is 5.75 Å². The first-order valence-corrected chi connectivity index (χ1v) is 7.06. The number of benzene rings is 2. The van der Waals surface area contributed by atoms with Crippen LogP contribution in [0.3, 0.4) is 0 Å². The quantitative estimate of drug-likeness (QED) is 0.619. The van der Waals surface area contributed by atoms with E-state index in [1.165, 1.54) is 7.11 Å². The molecular weight excluding hydrogens is 302 g/mol. The lowest BCUT2D eigenvalue weighted by Gasteiger charge is -2.04. The topological polar surface area (TPSA) is 47.9 Å². The number of nitrogens with zero attached hydrogens (tertiary/aromatic N) is 1. The summed E-state index contributed by atoms with van der Waals surface area (Å²) >= 11 is 6.06. The highest BCUT2D eigenvalue weighted by molar-refractivity contribution is 6.31. The number of rotatable bonds is 5. The van der Waals surface area contributed by atoms with Gasteiger partial charge in [0.05, 0.1) is 12.8 Å². The number of carbonyl (C=O) groups is 1. The molecule has 0 heterocycles. The minimum atomic E-state index is -0.415. The minimum absolute atomic E-state index is 0.105. The maximum atomic E-state index is 11.0. The van der Waals surface area contributed by atoms with Crippen LogP contribution in [0.4, 0.5) is 5.69 Å². The Bertz CT molecular complexity index is 681. The highest BCUT2D eigenvalue weighted by Crippen LogP contribution is 2.22. The Balaban J connectivity index is 1.99. The van der Waals surface area contributed by atoms with Gasteiger partial charge in [0.2, 0.25) is 0 Å². The van der Waals surface area contributed by atoms with Gasteiger partial charge in [-0.1, -0.05) is 17.7 Å². The van der Waals surface area contributed by atoms with Gasteiger partial charge < -0.3 is 9.47 Å². The summed E-state index contributed by atoms with van der Waals surface area (Å²) in [6.45, 7) is 1.84. The molecule has 0 bridgehead atoms. The van der Waals surface area contributed by atoms with E-state index in [2.05, 4.69) is 9.73 Å². The second-order valence-corrected chi connectivity index (χ2v) is 5.03. The molecule has 0 amide bonds. The average Bonchev–Trinajstić information content (AvgIpc) is 2.54. The molecule has 0 saturated heterocycles. The van der Waals surface area contributed by atoms with E-state index >= 15 is 0 Å². The van der Waals surface area contributed by atoms with E-state index in [1.807, 2.05) is 37.3 Å². The predicted molar refractivity (Wildman–Crippen MR) is 87.4 cm³/mol. The lowest BCUT2D eigenvalue weighted by molar-refractivity contribution is -0.142. The van der Waals surface area contributed by atoms with Crippen molar-refractivity contribution >= 4 is 29.5 Å². The van der Waals surface area contributed by atoms with Gasteiger partial charge in [-0.15, -0.1) is 0 Å². The van der Waals surface area contributed by atoms with E-state index in [1.54, 1.807) is 18.3 Å². The van der Waals surface area contributed by atoms with Crippen LogP contribution < -0.4 is 4.74 Å². The average molecular weight is 318 g/mol. The summed E-state index contributed by atoms with van der Waals surface area (Å²) in [7, 11) is 1.32. The third-order valence-electron chi connectivity index (χ3n) is 2.98. The van der Waals surface area contributed by atoms with Gasteiger partial charge in [0.15, 0.2) is 6.61 Å². The van der Waals surface area contributed by atoms with Crippen molar-refractivity contribution in [2.75, 3.05) is 13.7 Å². The SMILES string of the molecule is COC(=O)COc1ccc(C=Nc2ccc(C)c(Cl)c2)cc1. The normalized spacial score (nSPS) is 10.7. The molecule has 0 aliphatic heterocycles. The molecule has 0 aliphatic rings. The summed E-state index contributed by atoms with van der Waals surface area (Å²) in [6.07, 6.45) is 1.74. The lowest BCUT2D eigenvalue weighted by Crippen LogP contribution is -2.12. The van der Waals surface area contributed by atoms with E-state index in [0.29, 0.717) is 10.8 Å². The fraction of sp³-hybridized carbons (Fsp3) is 0.176. The van der Waals surface area contributed by atoms with Gasteiger partial charge in [-0.05, 0) is 54.4 Å². The van der Waals surface area contributed by atoms with E-state index < -0.39 is 5.97 Å². The van der Waals surface area contributed by atoms with Gasteiger partial charge in [0.25, 0.3) is 0 Å². The third-order valence-corrected chi connectivity index (χ3v) is 3.39. The number of carbonyl (C=O) groups excluding carboxylic acids is 1. The molecule has 2 aromatic carbocycles. The van der Waals surface area contributed by atoms with Crippen LogP contribution in [-0.2, 0) is 9.53 Å². The molecule has 0 aromatic heterocycles. The summed E-state index contributed by atoms with van der Waals surface area (Å²) in [5.74, 6) is 0.183. The van der Waals surface area contributed by atoms with Gasteiger partial charge in [-0.25, -0.2) is 4.79 Å². The van der Waals surface area contributed by atoms with Gasteiger partial charge in [0, 0.05) is 11.2 Å². The van der Waals surface area contributed by atoms with Crippen molar-refractivity contribution in [2.45, 2.75) is 6.92 Å². The molecular formula is C17H16ClNO3. The second-order valence-electron chi connectivity index (χ2n) is 4.63. The number of halogens is 1. The van der Waals surface area contributed by atoms with Crippen LogP contribution >= 0.6 is 11.6 Å². The van der Waals surface area contributed by atoms with Crippen LogP contribution in [0.15, 0.2) is 47.5 Å². The molecule has 22 heavy (non-hydrogen) atoms. The van der Waals surface area contributed by atoms with Crippen molar-refractivity contribution < 1.29 is 14.3 Å². The minimum Gasteiger partial charge on any atom is -0.482 e. The molecule has 0 N–H and O–H groups in total. The van der Waals surface area contributed by atoms with Crippen LogP contribution in [0.1, 0.15) is 11.1 Å². The van der Waals surface area contributed by atoms with Crippen LogP contribution in [0, 0.1) is 6.92 Å². The van der Waals surface area contributed by atoms with Crippen LogP contribution in [0.2, 0.25) is 5.02 Å². The fourth-order valence-electron chi connectivity index (χ4n) is 1.66. The molecule has 2 rings (SSSR count). The molecule has 0 saturated carbocycles. The summed E-state index contributed by atoms with van der Waals surface area (Å²) in [6, 6.07) is 12.9. The monoisotopic (exact) mass is 317 g/mol. The highest BCUT2D eigenvalue weighted by atomic mass is 35.5. The van der Waals surface area contributed by atoms with Crippen molar-refractivity contribution in [3.63, 3.8) is 0 Å². The first kappa shape index (κ1) is 16.0. The number of aryl methyl sites for hydroxylation is 1. The van der Waals surface area contributed by atoms with Crippen LogP contribution in [0.25, 0.3) is 0 Å². The van der Waals surface area contributed by atoms with E-state index in [0.717, 1.165) is 16.8 Å². The Morgan fingerprint density at radius 1 is 1.23 bits per heavy atom. The molecule has 2 aromatic rings. The van der Waals surface area contributed by atoms with Crippen LogP contribution in [0.5, 0.6) is 5.75 Å². The first-order valence-electron chi connectivity index (χ1n) is 6.68. The number of aliphatic imine (C=N–C) groups is 1. The van der Waals surface area contributed by atoms with E-state index in [9.17, 15) is 4.79 Å². The van der Waals surface area contributed by atoms with Gasteiger partial charge >= 0.3 is 5.97 Å². The zero-order valence-electron chi connectivity index (χ0n) is 12.4. The smallest absolute Gasteiger partial charge is 0.343 e. The number of hydrogen-bond donors (Lipinski definition) is 0. The standard InChI is InChI=1S/C17H16ClNO3/c1-12-3-6-14(9-16(12)18)19-10-13-4-7-15(8-5-13)22-11-17(20)21-2/h3-10H,11H2,1-2H3. The van der Waals surface area contributed by atoms with Gasteiger partial charge in [0.1, 0.15) is 5.75 Å². The second kappa shape index (κ2) is 7.61. The molecule has 0 unspecified atom stereocenters. The lowest BCUT2D eigenvalue weighted by atomic mass is 10.2. The number of esters is 1. The number of hydrogen-bond acceptors (Lipinski definition) is 4. The fourth-order valence-corrected chi connectivity index (χ4v) is 1.84. The molecule has 0 aliphatic carbocycles. The molecule has 4 nitrogen and oxygen atoms in total. The maximum Gasteiger partial charge on any atom is 0.343 e. The van der Waals surface area contributed by atoms with Crippen molar-refractivity contribution in [3.05, 3.63) is 58.6 Å².